The third-order valence-corrected chi connectivity index (χ3v) is 3.12. The minimum atomic E-state index is 0.539. The first-order valence-corrected chi connectivity index (χ1v) is 6.85. The van der Waals surface area contributed by atoms with E-state index in [4.69, 9.17) is 11.6 Å². The maximum Gasteiger partial charge on any atom is 0.0406 e. The lowest BCUT2D eigenvalue weighted by atomic mass is 9.90. The fraction of sp³-hybridized carbons (Fsp3) is 0.600. The van der Waals surface area contributed by atoms with Crippen molar-refractivity contribution in [2.24, 2.45) is 5.92 Å². The minimum Gasteiger partial charge on any atom is -0.314 e. The second-order valence-electron chi connectivity index (χ2n) is 5.44. The van der Waals surface area contributed by atoms with Gasteiger partial charge in [-0.3, -0.25) is 0 Å². The van der Waals surface area contributed by atoms with Crippen LogP contribution in [0, 0.1) is 5.92 Å². The Morgan fingerprint density at radius 2 is 1.65 bits per heavy atom. The molecule has 1 nitrogen and oxygen atoms in total. The van der Waals surface area contributed by atoms with Gasteiger partial charge in [0.05, 0.1) is 0 Å². The molecular weight excluding hydrogens is 230 g/mol. The van der Waals surface area contributed by atoms with Gasteiger partial charge < -0.3 is 5.32 Å². The van der Waals surface area contributed by atoms with Crippen LogP contribution < -0.4 is 5.32 Å². The monoisotopic (exact) mass is 253 g/mol. The summed E-state index contributed by atoms with van der Waals surface area (Å²) in [5, 5.41) is 4.34. The maximum atomic E-state index is 5.93. The third kappa shape index (κ3) is 5.56. The molecule has 1 aromatic rings. The summed E-state index contributed by atoms with van der Waals surface area (Å²) in [6.45, 7) is 9.97. The standard InChI is InChI=1S/C15H24ClN/c1-11(2)9-14(10-17-12(3)4)13-5-7-15(16)8-6-13/h5-8,11-12,14,17H,9-10H2,1-4H3. The molecule has 96 valence electrons. The molecule has 0 radical (unpaired) electrons. The molecule has 1 unspecified atom stereocenters. The minimum absolute atomic E-state index is 0.539. The normalized spacial score (nSPS) is 13.4. The van der Waals surface area contributed by atoms with Crippen molar-refractivity contribution in [3.05, 3.63) is 34.9 Å². The van der Waals surface area contributed by atoms with Crippen LogP contribution in [-0.4, -0.2) is 12.6 Å². The first kappa shape index (κ1) is 14.5. The highest BCUT2D eigenvalue weighted by atomic mass is 35.5. The number of hydrogen-bond donors (Lipinski definition) is 1. The summed E-state index contributed by atoms with van der Waals surface area (Å²) in [6, 6.07) is 8.81. The summed E-state index contributed by atoms with van der Waals surface area (Å²) in [5.74, 6) is 1.29. The molecule has 0 heterocycles. The van der Waals surface area contributed by atoms with Crippen molar-refractivity contribution in [3.63, 3.8) is 0 Å². The van der Waals surface area contributed by atoms with E-state index in [1.165, 1.54) is 12.0 Å². The molecule has 0 aliphatic rings. The summed E-state index contributed by atoms with van der Waals surface area (Å²) in [6.07, 6.45) is 1.21. The van der Waals surface area contributed by atoms with Crippen molar-refractivity contribution in [1.82, 2.24) is 5.32 Å². The average molecular weight is 254 g/mol. The van der Waals surface area contributed by atoms with Gasteiger partial charge in [-0.15, -0.1) is 0 Å². The Labute approximate surface area is 111 Å². The smallest absolute Gasteiger partial charge is 0.0406 e. The Hall–Kier alpha value is -0.530. The molecule has 0 saturated carbocycles. The maximum absolute atomic E-state index is 5.93. The Bertz CT molecular complexity index is 316. The quantitative estimate of drug-likeness (QED) is 0.789. The molecular formula is C15H24ClN. The van der Waals surface area contributed by atoms with E-state index in [0.717, 1.165) is 11.6 Å². The molecule has 0 amide bonds. The van der Waals surface area contributed by atoms with E-state index in [2.05, 4.69) is 45.1 Å². The lowest BCUT2D eigenvalue weighted by Crippen LogP contribution is -2.28. The highest BCUT2D eigenvalue weighted by Crippen LogP contribution is 2.24. The molecule has 1 N–H and O–H groups in total. The second kappa shape index (κ2) is 7.03. The Morgan fingerprint density at radius 3 is 2.12 bits per heavy atom. The molecule has 0 aliphatic heterocycles. The van der Waals surface area contributed by atoms with Gasteiger partial charge in [-0.05, 0) is 36.0 Å². The number of nitrogens with one attached hydrogen (secondary N) is 1. The van der Waals surface area contributed by atoms with Crippen LogP contribution in [-0.2, 0) is 0 Å². The zero-order valence-electron chi connectivity index (χ0n) is 11.3. The van der Waals surface area contributed by atoms with Crippen LogP contribution in [0.15, 0.2) is 24.3 Å². The average Bonchev–Trinajstić information content (AvgIpc) is 2.25. The highest BCUT2D eigenvalue weighted by Gasteiger charge is 2.13. The summed E-state index contributed by atoms with van der Waals surface area (Å²) in [5.41, 5.74) is 1.39. The summed E-state index contributed by atoms with van der Waals surface area (Å²) in [4.78, 5) is 0. The molecule has 1 rings (SSSR count). The Balaban J connectivity index is 2.70. The molecule has 0 spiro atoms. The van der Waals surface area contributed by atoms with Gasteiger partial charge in [-0.1, -0.05) is 51.4 Å². The molecule has 1 aromatic carbocycles. The lowest BCUT2D eigenvalue weighted by Gasteiger charge is -2.21. The van der Waals surface area contributed by atoms with E-state index >= 15 is 0 Å². The van der Waals surface area contributed by atoms with Gasteiger partial charge in [0.25, 0.3) is 0 Å². The number of benzene rings is 1. The first-order chi connectivity index (χ1) is 7.99. The predicted octanol–water partition coefficient (Wildman–Crippen LogP) is 4.47. The molecule has 2 heteroatoms. The fourth-order valence-electron chi connectivity index (χ4n) is 2.02. The molecule has 0 aliphatic carbocycles. The number of hydrogen-bond acceptors (Lipinski definition) is 1. The van der Waals surface area contributed by atoms with E-state index in [9.17, 15) is 0 Å². The molecule has 0 saturated heterocycles. The molecule has 17 heavy (non-hydrogen) atoms. The predicted molar refractivity (Wildman–Crippen MR) is 76.8 cm³/mol. The highest BCUT2D eigenvalue weighted by molar-refractivity contribution is 6.30. The van der Waals surface area contributed by atoms with Crippen LogP contribution in [0.3, 0.4) is 0 Å². The van der Waals surface area contributed by atoms with E-state index in [-0.39, 0.29) is 0 Å². The molecule has 0 fully saturated rings. The van der Waals surface area contributed by atoms with E-state index in [1.54, 1.807) is 0 Å². The van der Waals surface area contributed by atoms with Crippen LogP contribution in [0.2, 0.25) is 5.02 Å². The summed E-state index contributed by atoms with van der Waals surface area (Å²) < 4.78 is 0. The summed E-state index contributed by atoms with van der Waals surface area (Å²) in [7, 11) is 0. The SMILES string of the molecule is CC(C)CC(CNC(C)C)c1ccc(Cl)cc1. The number of rotatable bonds is 6. The van der Waals surface area contributed by atoms with E-state index in [0.29, 0.717) is 17.9 Å². The van der Waals surface area contributed by atoms with Gasteiger partial charge in [-0.25, -0.2) is 0 Å². The third-order valence-electron chi connectivity index (χ3n) is 2.87. The fourth-order valence-corrected chi connectivity index (χ4v) is 2.15. The molecule has 0 aromatic heterocycles. The van der Waals surface area contributed by atoms with Crippen molar-refractivity contribution in [2.45, 2.75) is 46.1 Å². The zero-order chi connectivity index (χ0) is 12.8. The van der Waals surface area contributed by atoms with Crippen LogP contribution in [0.5, 0.6) is 0 Å². The topological polar surface area (TPSA) is 12.0 Å². The van der Waals surface area contributed by atoms with Gasteiger partial charge in [0.2, 0.25) is 0 Å². The van der Waals surface area contributed by atoms with Gasteiger partial charge >= 0.3 is 0 Å². The van der Waals surface area contributed by atoms with Gasteiger partial charge in [0.1, 0.15) is 0 Å². The van der Waals surface area contributed by atoms with E-state index < -0.39 is 0 Å². The summed E-state index contributed by atoms with van der Waals surface area (Å²) >= 11 is 5.93. The second-order valence-corrected chi connectivity index (χ2v) is 5.88. The van der Waals surface area contributed by atoms with Crippen molar-refractivity contribution >= 4 is 11.6 Å². The Morgan fingerprint density at radius 1 is 1.06 bits per heavy atom. The largest absolute Gasteiger partial charge is 0.314 e. The van der Waals surface area contributed by atoms with Gasteiger partial charge in [0.15, 0.2) is 0 Å². The van der Waals surface area contributed by atoms with Crippen LogP contribution in [0.25, 0.3) is 0 Å². The van der Waals surface area contributed by atoms with Crippen LogP contribution in [0.4, 0.5) is 0 Å². The van der Waals surface area contributed by atoms with Crippen molar-refractivity contribution in [3.8, 4) is 0 Å². The first-order valence-electron chi connectivity index (χ1n) is 6.48. The van der Waals surface area contributed by atoms with Crippen molar-refractivity contribution < 1.29 is 0 Å². The molecule has 0 bridgehead atoms. The Kier molecular flexibility index (Phi) is 6.01. The van der Waals surface area contributed by atoms with Crippen molar-refractivity contribution in [2.75, 3.05) is 6.54 Å². The van der Waals surface area contributed by atoms with E-state index in [1.807, 2.05) is 12.1 Å². The van der Waals surface area contributed by atoms with Crippen LogP contribution >= 0.6 is 11.6 Å². The van der Waals surface area contributed by atoms with Crippen LogP contribution in [0.1, 0.15) is 45.6 Å². The van der Waals surface area contributed by atoms with Gasteiger partial charge in [-0.2, -0.15) is 0 Å². The van der Waals surface area contributed by atoms with Crippen molar-refractivity contribution in [1.29, 1.82) is 0 Å². The lowest BCUT2D eigenvalue weighted by molar-refractivity contribution is 0.452. The zero-order valence-corrected chi connectivity index (χ0v) is 12.1. The molecule has 1 atom stereocenters. The van der Waals surface area contributed by atoms with Gasteiger partial charge in [0, 0.05) is 17.6 Å². The number of halogens is 1.